The van der Waals surface area contributed by atoms with Crippen LogP contribution in [0.5, 0.6) is 5.75 Å². The summed E-state index contributed by atoms with van der Waals surface area (Å²) in [4.78, 5) is 122. The maximum atomic E-state index is 13.7. The van der Waals surface area contributed by atoms with Gasteiger partial charge in [0.1, 0.15) is 31.0 Å². The molecule has 3 atom stereocenters. The summed E-state index contributed by atoms with van der Waals surface area (Å²) in [5.41, 5.74) is 7.66. The van der Waals surface area contributed by atoms with Crippen molar-refractivity contribution in [3.63, 3.8) is 0 Å². The number of rotatable bonds is 18. The highest BCUT2D eigenvalue weighted by Crippen LogP contribution is 2.41. The first-order valence-electron chi connectivity index (χ1n) is 24.1. The van der Waals surface area contributed by atoms with Gasteiger partial charge < -0.3 is 65.8 Å². The average Bonchev–Trinajstić information content (AvgIpc) is 3.74. The van der Waals surface area contributed by atoms with Crippen LogP contribution in [-0.4, -0.2) is 122 Å². The van der Waals surface area contributed by atoms with Gasteiger partial charge in [-0.3, -0.25) is 24.0 Å². The molecule has 0 spiro atoms. The number of anilines is 1. The third-order valence-electron chi connectivity index (χ3n) is 13.1. The Morgan fingerprint density at radius 3 is 2.23 bits per heavy atom. The number of esters is 1. The Kier molecular flexibility index (Phi) is 16.3. The molecule has 0 radical (unpaired) electrons. The molecular weight excluding hydrogens is 951 g/mol. The fourth-order valence-corrected chi connectivity index (χ4v) is 9.04. The lowest BCUT2D eigenvalue weighted by molar-refractivity contribution is -0.172. The molecule has 3 aliphatic heterocycles. The second kappa shape index (κ2) is 22.6. The van der Waals surface area contributed by atoms with Crippen LogP contribution in [-0.2, 0) is 65.2 Å². The van der Waals surface area contributed by atoms with Gasteiger partial charge in [0, 0.05) is 61.3 Å². The summed E-state index contributed by atoms with van der Waals surface area (Å²) in [5.74, 6) is -3.98. The number of carboxylic acid groups (broad SMARTS) is 1. The number of carboxylic acids is 1. The Bertz CT molecular complexity index is 2900. The zero-order chi connectivity index (χ0) is 52.7. The molecule has 8 N–H and O–H groups in total. The number of aliphatic carboxylic acids is 1. The number of amides is 7. The van der Waals surface area contributed by atoms with Gasteiger partial charge in [0.05, 0.1) is 35.4 Å². The minimum absolute atomic E-state index is 0.0284. The number of pyridine rings is 2. The number of benzene rings is 2. The number of cyclic esters (lactones) is 1. The molecule has 7 amide bonds. The summed E-state index contributed by atoms with van der Waals surface area (Å²) in [5, 5.41) is 31.3. The van der Waals surface area contributed by atoms with E-state index in [4.69, 9.17) is 30.0 Å². The highest BCUT2D eigenvalue weighted by molar-refractivity contribution is 5.98. The largest absolute Gasteiger partial charge is 0.481 e. The minimum atomic E-state index is -1.95. The number of nitrogens with one attached hydrogen (secondary N) is 4. The smallest absolute Gasteiger partial charge is 0.415 e. The number of piperazine rings is 1. The maximum absolute atomic E-state index is 13.7. The van der Waals surface area contributed by atoms with Gasteiger partial charge in [0.25, 0.3) is 5.56 Å². The number of nitrogens with two attached hydrogens (primary N) is 1. The Balaban J connectivity index is 0.909. The third kappa shape index (κ3) is 11.8. The predicted molar refractivity (Wildman–Crippen MR) is 261 cm³/mol. The number of aromatic nitrogens is 2. The standard InChI is InChI=1S/C50H59N9O14/c1-5-31-32-22-30(13-14-36(32)54-42-33(31)24-59-38(42)23-35-34(45(59)65)26-71-46(66)50(35,70)6-2)73-49(69)58-20-18-57(19-21-58)48(68)72-25-28-9-11-29(12-10-28)53-43(63)37(8-7-17-52-47(51)67)55-44(64)41(27(3)4)56-39(60)15-16-40(61)62/h9-14,22-23,27,37,41,70H,5-8,15-21,24-26H2,1-4H3,(H,53,63)(H,55,64)(H,56,60)(H,61,62)(H3,51,52,67)/t37-,41-,50-/m0/s1. The lowest BCUT2D eigenvalue weighted by atomic mass is 9.86. The monoisotopic (exact) mass is 1010 g/mol. The normalized spacial score (nSPS) is 16.5. The molecule has 1 fully saturated rings. The van der Waals surface area contributed by atoms with Gasteiger partial charge in [-0.2, -0.15) is 0 Å². The molecule has 388 valence electrons. The van der Waals surface area contributed by atoms with Gasteiger partial charge in [-0.25, -0.2) is 24.2 Å². The molecule has 2 aromatic carbocycles. The topological polar surface area (TPSA) is 320 Å². The first-order valence-corrected chi connectivity index (χ1v) is 24.1. The van der Waals surface area contributed by atoms with E-state index in [0.717, 1.165) is 16.5 Å². The van der Waals surface area contributed by atoms with E-state index in [-0.39, 0.29) is 101 Å². The van der Waals surface area contributed by atoms with E-state index in [0.29, 0.717) is 34.6 Å². The summed E-state index contributed by atoms with van der Waals surface area (Å²) in [6.07, 6.45) is -1.01. The first kappa shape index (κ1) is 52.7. The summed E-state index contributed by atoms with van der Waals surface area (Å²) in [6.45, 7) is 7.72. The SMILES string of the molecule is CCc1c2c(nc3ccc(OC(=O)N4CCN(C(=O)OCc5ccc(NC(=O)[C@H](CCCNC(N)=O)NC(=O)[C@@H](NC(=O)CCC(=O)O)C(C)C)cc5)CC4)cc13)-c1cc3c(c(=O)n1C2)COC(=O)[C@]3(O)CC. The average molecular weight is 1010 g/mol. The number of aliphatic hydroxyl groups is 1. The molecular formula is C50H59N9O14. The molecule has 7 rings (SSSR count). The van der Waals surface area contributed by atoms with Crippen molar-refractivity contribution >= 4 is 64.5 Å². The molecule has 73 heavy (non-hydrogen) atoms. The number of ether oxygens (including phenoxy) is 3. The Morgan fingerprint density at radius 1 is 0.890 bits per heavy atom. The van der Waals surface area contributed by atoms with Crippen molar-refractivity contribution in [3.05, 3.63) is 86.7 Å². The first-order chi connectivity index (χ1) is 34.8. The van der Waals surface area contributed by atoms with Crippen LogP contribution in [0.2, 0.25) is 0 Å². The van der Waals surface area contributed by atoms with Crippen molar-refractivity contribution in [1.82, 2.24) is 35.3 Å². The van der Waals surface area contributed by atoms with E-state index in [2.05, 4.69) is 21.3 Å². The van der Waals surface area contributed by atoms with Crippen molar-refractivity contribution in [2.24, 2.45) is 11.7 Å². The number of hydrogen-bond donors (Lipinski definition) is 7. The van der Waals surface area contributed by atoms with E-state index >= 15 is 0 Å². The van der Waals surface area contributed by atoms with Crippen LogP contribution in [0.25, 0.3) is 22.3 Å². The zero-order valence-corrected chi connectivity index (χ0v) is 40.9. The fraction of sp³-hybridized carbons (Fsp3) is 0.440. The fourth-order valence-electron chi connectivity index (χ4n) is 9.04. The second-order valence-electron chi connectivity index (χ2n) is 18.3. The second-order valence-corrected chi connectivity index (χ2v) is 18.3. The van der Waals surface area contributed by atoms with Crippen molar-refractivity contribution in [2.75, 3.05) is 38.0 Å². The van der Waals surface area contributed by atoms with Gasteiger partial charge in [0.2, 0.25) is 17.7 Å². The van der Waals surface area contributed by atoms with Crippen molar-refractivity contribution in [1.29, 1.82) is 0 Å². The molecule has 0 aliphatic carbocycles. The quantitative estimate of drug-likeness (QED) is 0.0490. The van der Waals surface area contributed by atoms with Crippen LogP contribution in [0.4, 0.5) is 20.1 Å². The van der Waals surface area contributed by atoms with Crippen LogP contribution in [0.15, 0.2) is 53.3 Å². The molecule has 5 heterocycles. The van der Waals surface area contributed by atoms with E-state index in [9.17, 15) is 48.3 Å². The number of carbonyl (C=O) groups excluding carboxylic acids is 7. The van der Waals surface area contributed by atoms with Gasteiger partial charge in [-0.1, -0.05) is 39.8 Å². The molecule has 4 aromatic rings. The van der Waals surface area contributed by atoms with E-state index < -0.39 is 77.9 Å². The molecule has 23 nitrogen and oxygen atoms in total. The number of nitrogens with zero attached hydrogens (tertiary/aromatic N) is 4. The zero-order valence-electron chi connectivity index (χ0n) is 40.9. The molecule has 0 bridgehead atoms. The number of carbonyl (C=O) groups is 8. The van der Waals surface area contributed by atoms with Gasteiger partial charge in [-0.05, 0) is 79.1 Å². The van der Waals surface area contributed by atoms with Crippen LogP contribution in [0, 0.1) is 5.92 Å². The van der Waals surface area contributed by atoms with Gasteiger partial charge >= 0.3 is 30.2 Å². The Morgan fingerprint density at radius 2 is 1.59 bits per heavy atom. The molecule has 0 saturated carbocycles. The van der Waals surface area contributed by atoms with Gasteiger partial charge in [0.15, 0.2) is 5.60 Å². The Labute approximate surface area is 418 Å². The van der Waals surface area contributed by atoms with Crippen molar-refractivity contribution < 1.29 is 62.8 Å². The Hall–Kier alpha value is -8.08. The number of urea groups is 1. The number of primary amides is 1. The van der Waals surface area contributed by atoms with E-state index in [1.54, 1.807) is 73.9 Å². The lowest BCUT2D eigenvalue weighted by Crippen LogP contribution is -2.54. The van der Waals surface area contributed by atoms with E-state index in [1.807, 2.05) is 6.92 Å². The number of hydrogen-bond acceptors (Lipinski definition) is 14. The minimum Gasteiger partial charge on any atom is -0.481 e. The van der Waals surface area contributed by atoms with E-state index in [1.165, 1.54) is 9.80 Å². The van der Waals surface area contributed by atoms with Gasteiger partial charge in [-0.15, -0.1) is 0 Å². The van der Waals surface area contributed by atoms with Crippen molar-refractivity contribution in [3.8, 4) is 17.1 Å². The molecule has 0 unspecified atom stereocenters. The molecule has 23 heteroatoms. The van der Waals surface area contributed by atoms with Crippen LogP contribution >= 0.6 is 0 Å². The van der Waals surface area contributed by atoms with Crippen molar-refractivity contribution in [2.45, 2.75) is 104 Å². The highest BCUT2D eigenvalue weighted by Gasteiger charge is 2.45. The summed E-state index contributed by atoms with van der Waals surface area (Å²) < 4.78 is 18.2. The van der Waals surface area contributed by atoms with Crippen LogP contribution in [0.1, 0.15) is 87.6 Å². The highest BCUT2D eigenvalue weighted by atomic mass is 16.6. The van der Waals surface area contributed by atoms with Crippen LogP contribution < -0.4 is 37.3 Å². The number of fused-ring (bicyclic) bond motifs is 5. The third-order valence-corrected chi connectivity index (χ3v) is 13.1. The molecule has 1 saturated heterocycles. The predicted octanol–water partition coefficient (Wildman–Crippen LogP) is 2.97. The molecule has 2 aromatic heterocycles. The van der Waals surface area contributed by atoms with Crippen LogP contribution in [0.3, 0.4) is 0 Å². The molecule has 3 aliphatic rings. The summed E-state index contributed by atoms with van der Waals surface area (Å²) in [6, 6.07) is 10.3. The maximum Gasteiger partial charge on any atom is 0.415 e. The lowest BCUT2D eigenvalue weighted by Gasteiger charge is -2.33. The summed E-state index contributed by atoms with van der Waals surface area (Å²) in [7, 11) is 0. The summed E-state index contributed by atoms with van der Waals surface area (Å²) >= 11 is 0. The number of aryl methyl sites for hydroxylation is 1.